The van der Waals surface area contributed by atoms with Crippen LogP contribution in [0, 0.1) is 5.82 Å². The summed E-state index contributed by atoms with van der Waals surface area (Å²) in [6, 6.07) is 12.0. The Morgan fingerprint density at radius 1 is 1.08 bits per heavy atom. The number of nitrogens with one attached hydrogen (secondary N) is 2. The molecule has 3 aromatic rings. The van der Waals surface area contributed by atoms with Gasteiger partial charge in [0.05, 0.1) is 5.69 Å². The Morgan fingerprint density at radius 2 is 1.80 bits per heavy atom. The van der Waals surface area contributed by atoms with Gasteiger partial charge in [-0.25, -0.2) is 4.39 Å². The van der Waals surface area contributed by atoms with E-state index in [0.717, 1.165) is 18.5 Å². The minimum absolute atomic E-state index is 0.183. The van der Waals surface area contributed by atoms with Gasteiger partial charge < -0.3 is 10.6 Å². The molecule has 1 saturated carbocycles. The van der Waals surface area contributed by atoms with Crippen molar-refractivity contribution in [2.24, 2.45) is 0 Å². The summed E-state index contributed by atoms with van der Waals surface area (Å²) in [7, 11) is 0. The highest BCUT2D eigenvalue weighted by molar-refractivity contribution is 6.06. The van der Waals surface area contributed by atoms with E-state index in [4.69, 9.17) is 0 Å². The second kappa shape index (κ2) is 6.35. The van der Waals surface area contributed by atoms with Crippen molar-refractivity contribution in [3.05, 3.63) is 66.5 Å². The number of aromatic nitrogens is 3. The number of para-hydroxylation sites is 1. The predicted octanol–water partition coefficient (Wildman–Crippen LogP) is 3.23. The molecule has 1 aromatic heterocycles. The van der Waals surface area contributed by atoms with Gasteiger partial charge in [0.2, 0.25) is 0 Å². The average molecular weight is 337 g/mol. The first-order valence-electron chi connectivity index (χ1n) is 8.02. The summed E-state index contributed by atoms with van der Waals surface area (Å²) in [5.74, 6) is -0.820. The van der Waals surface area contributed by atoms with Crippen molar-refractivity contribution < 1.29 is 9.18 Å². The van der Waals surface area contributed by atoms with Crippen LogP contribution in [0.15, 0.2) is 55.1 Å². The third-order valence-corrected chi connectivity index (χ3v) is 4.04. The van der Waals surface area contributed by atoms with Crippen LogP contribution in [-0.2, 0) is 0 Å². The van der Waals surface area contributed by atoms with Gasteiger partial charge in [-0.1, -0.05) is 6.07 Å². The fourth-order valence-electron chi connectivity index (χ4n) is 2.52. The summed E-state index contributed by atoms with van der Waals surface area (Å²) < 4.78 is 15.9. The van der Waals surface area contributed by atoms with Gasteiger partial charge in [0, 0.05) is 17.3 Å². The fourth-order valence-corrected chi connectivity index (χ4v) is 2.52. The quantitative estimate of drug-likeness (QED) is 0.750. The molecule has 1 amide bonds. The van der Waals surface area contributed by atoms with Gasteiger partial charge in [-0.15, -0.1) is 10.2 Å². The number of halogens is 1. The Balaban J connectivity index is 1.54. The Hall–Kier alpha value is -3.22. The number of hydrogen-bond donors (Lipinski definition) is 2. The molecule has 0 spiro atoms. The van der Waals surface area contributed by atoms with Crippen LogP contribution in [0.4, 0.5) is 15.8 Å². The average Bonchev–Trinajstić information content (AvgIpc) is 3.27. The zero-order valence-corrected chi connectivity index (χ0v) is 13.3. The smallest absolute Gasteiger partial charge is 0.255 e. The monoisotopic (exact) mass is 337 g/mol. The molecule has 25 heavy (non-hydrogen) atoms. The van der Waals surface area contributed by atoms with E-state index in [2.05, 4.69) is 20.8 Å². The van der Waals surface area contributed by atoms with Crippen LogP contribution in [0.5, 0.6) is 0 Å². The number of anilines is 2. The van der Waals surface area contributed by atoms with Crippen molar-refractivity contribution >= 4 is 17.3 Å². The maximum Gasteiger partial charge on any atom is 0.255 e. The summed E-state index contributed by atoms with van der Waals surface area (Å²) >= 11 is 0. The fraction of sp³-hybridized carbons (Fsp3) is 0.167. The Bertz CT molecular complexity index is 888. The van der Waals surface area contributed by atoms with Crippen LogP contribution >= 0.6 is 0 Å². The maximum atomic E-state index is 14.2. The first-order chi connectivity index (χ1) is 12.2. The minimum atomic E-state index is -0.458. The van der Waals surface area contributed by atoms with Gasteiger partial charge >= 0.3 is 0 Å². The van der Waals surface area contributed by atoms with E-state index in [1.165, 1.54) is 6.07 Å². The molecule has 4 rings (SSSR count). The van der Waals surface area contributed by atoms with Crippen molar-refractivity contribution in [3.63, 3.8) is 0 Å². The number of carbonyl (C=O) groups is 1. The molecular weight excluding hydrogens is 321 g/mol. The Kier molecular flexibility index (Phi) is 3.89. The van der Waals surface area contributed by atoms with Crippen LogP contribution in [0.3, 0.4) is 0 Å². The normalized spacial score (nSPS) is 13.5. The second-order valence-electron chi connectivity index (χ2n) is 5.95. The summed E-state index contributed by atoms with van der Waals surface area (Å²) in [5, 5.41) is 13.4. The number of amides is 1. The van der Waals surface area contributed by atoms with Crippen molar-refractivity contribution in [3.8, 4) is 5.69 Å². The van der Waals surface area contributed by atoms with Gasteiger partial charge in [-0.05, 0) is 49.2 Å². The second-order valence-corrected chi connectivity index (χ2v) is 5.95. The molecule has 0 radical (unpaired) electrons. The first kappa shape index (κ1) is 15.3. The van der Waals surface area contributed by atoms with E-state index in [0.29, 0.717) is 17.3 Å². The van der Waals surface area contributed by atoms with Crippen molar-refractivity contribution in [2.75, 3.05) is 10.6 Å². The molecule has 2 N–H and O–H groups in total. The molecule has 0 aliphatic heterocycles. The molecule has 6 nitrogen and oxygen atoms in total. The van der Waals surface area contributed by atoms with E-state index in [9.17, 15) is 9.18 Å². The van der Waals surface area contributed by atoms with E-state index in [1.807, 2.05) is 0 Å². The summed E-state index contributed by atoms with van der Waals surface area (Å²) in [5.41, 5.74) is 2.07. The van der Waals surface area contributed by atoms with Gasteiger partial charge in [-0.3, -0.25) is 9.36 Å². The molecular formula is C18H16FN5O. The van der Waals surface area contributed by atoms with E-state index in [-0.39, 0.29) is 11.6 Å². The van der Waals surface area contributed by atoms with Crippen molar-refractivity contribution in [1.29, 1.82) is 0 Å². The lowest BCUT2D eigenvalue weighted by molar-refractivity contribution is 0.102. The highest BCUT2D eigenvalue weighted by Crippen LogP contribution is 2.31. The molecule has 0 bridgehead atoms. The van der Waals surface area contributed by atoms with Crippen LogP contribution in [0.2, 0.25) is 0 Å². The van der Waals surface area contributed by atoms with Gasteiger partial charge in [-0.2, -0.15) is 0 Å². The lowest BCUT2D eigenvalue weighted by atomic mass is 10.1. The maximum absolute atomic E-state index is 14.2. The number of nitrogens with zero attached hydrogens (tertiary/aromatic N) is 3. The molecule has 1 aliphatic rings. The number of carbonyl (C=O) groups excluding carboxylic acids is 1. The summed E-state index contributed by atoms with van der Waals surface area (Å²) in [6.45, 7) is 0. The van der Waals surface area contributed by atoms with E-state index >= 15 is 0 Å². The molecule has 0 atom stereocenters. The van der Waals surface area contributed by atoms with E-state index < -0.39 is 5.82 Å². The van der Waals surface area contributed by atoms with Gasteiger partial charge in [0.15, 0.2) is 0 Å². The molecule has 126 valence electrons. The number of rotatable bonds is 5. The molecule has 1 heterocycles. The van der Waals surface area contributed by atoms with Crippen LogP contribution in [-0.4, -0.2) is 26.7 Å². The van der Waals surface area contributed by atoms with Gasteiger partial charge in [0.25, 0.3) is 5.91 Å². The van der Waals surface area contributed by atoms with Gasteiger partial charge in [0.1, 0.15) is 24.2 Å². The lowest BCUT2D eigenvalue weighted by Gasteiger charge is -2.13. The van der Waals surface area contributed by atoms with Crippen LogP contribution in [0.25, 0.3) is 5.69 Å². The SMILES string of the molecule is O=C(Nc1c(F)cccc1NC1CC1)c1ccc(-n2cnnc2)cc1. The third-order valence-electron chi connectivity index (χ3n) is 4.04. The first-order valence-corrected chi connectivity index (χ1v) is 8.02. The molecule has 1 aliphatic carbocycles. The highest BCUT2D eigenvalue weighted by Gasteiger charge is 2.23. The number of benzene rings is 2. The van der Waals surface area contributed by atoms with Crippen LogP contribution in [0.1, 0.15) is 23.2 Å². The molecule has 7 heteroatoms. The zero-order chi connectivity index (χ0) is 17.2. The standard InChI is InChI=1S/C18H16FN5O/c19-15-2-1-3-16(22-13-6-7-13)17(15)23-18(25)12-4-8-14(9-5-12)24-10-20-21-11-24/h1-5,8-11,13,22H,6-7H2,(H,23,25). The molecule has 0 unspecified atom stereocenters. The van der Waals surface area contributed by atoms with E-state index in [1.54, 1.807) is 53.6 Å². The molecule has 2 aromatic carbocycles. The Morgan fingerprint density at radius 3 is 2.48 bits per heavy atom. The zero-order valence-electron chi connectivity index (χ0n) is 13.3. The largest absolute Gasteiger partial charge is 0.381 e. The summed E-state index contributed by atoms with van der Waals surface area (Å²) in [6.07, 6.45) is 5.28. The number of hydrogen-bond acceptors (Lipinski definition) is 4. The lowest BCUT2D eigenvalue weighted by Crippen LogP contribution is -2.15. The van der Waals surface area contributed by atoms with Crippen molar-refractivity contribution in [2.45, 2.75) is 18.9 Å². The van der Waals surface area contributed by atoms with Crippen LogP contribution < -0.4 is 10.6 Å². The topological polar surface area (TPSA) is 71.8 Å². The predicted molar refractivity (Wildman–Crippen MR) is 92.4 cm³/mol. The highest BCUT2D eigenvalue weighted by atomic mass is 19.1. The van der Waals surface area contributed by atoms with Crippen molar-refractivity contribution in [1.82, 2.24) is 14.8 Å². The minimum Gasteiger partial charge on any atom is -0.381 e. The summed E-state index contributed by atoms with van der Waals surface area (Å²) in [4.78, 5) is 12.5. The molecule has 0 saturated heterocycles. The Labute approximate surface area is 143 Å². The molecule has 1 fully saturated rings. The third kappa shape index (κ3) is 3.35.